The molecule has 0 radical (unpaired) electrons. The molecule has 0 aliphatic carbocycles. The Bertz CT molecular complexity index is 726. The van der Waals surface area contributed by atoms with Crippen LogP contribution in [0.2, 0.25) is 0 Å². The summed E-state index contributed by atoms with van der Waals surface area (Å²) < 4.78 is 5.66. The Balaban J connectivity index is 0.00000256. The van der Waals surface area contributed by atoms with Crippen molar-refractivity contribution in [2.45, 2.75) is 26.7 Å². The van der Waals surface area contributed by atoms with Crippen LogP contribution in [-0.4, -0.2) is 88.4 Å². The standard InChI is InChI=1S/C23H37N5O.HI/c1-19-5-4-6-21(20(19)2)27-14-12-26(13-15-27)11-9-25-22(24-3)28-10-7-23(17-28)8-16-29-18-23;/h4-6H,7-18H2,1-3H3,(H,24,25);1H. The number of likely N-dealkylation sites (tertiary alicyclic amines) is 1. The van der Waals surface area contributed by atoms with E-state index in [9.17, 15) is 0 Å². The second-order valence-corrected chi connectivity index (χ2v) is 9.00. The first-order chi connectivity index (χ1) is 14.1. The summed E-state index contributed by atoms with van der Waals surface area (Å²) in [5.41, 5.74) is 4.58. The van der Waals surface area contributed by atoms with Gasteiger partial charge in [-0.05, 0) is 43.9 Å². The molecule has 0 amide bonds. The minimum Gasteiger partial charge on any atom is -0.381 e. The van der Waals surface area contributed by atoms with Gasteiger partial charge in [-0.2, -0.15) is 0 Å². The molecule has 0 bridgehead atoms. The van der Waals surface area contributed by atoms with E-state index in [2.05, 4.69) is 57.1 Å². The van der Waals surface area contributed by atoms with Crippen molar-refractivity contribution in [1.82, 2.24) is 15.1 Å². The lowest BCUT2D eigenvalue weighted by Gasteiger charge is -2.37. The zero-order chi connectivity index (χ0) is 20.3. The van der Waals surface area contributed by atoms with Gasteiger partial charge >= 0.3 is 0 Å². The minimum atomic E-state index is 0. The fourth-order valence-electron chi connectivity index (χ4n) is 5.04. The normalized spacial score (nSPS) is 25.1. The number of anilines is 1. The van der Waals surface area contributed by atoms with Crippen molar-refractivity contribution in [2.24, 2.45) is 10.4 Å². The van der Waals surface area contributed by atoms with E-state index in [0.717, 1.165) is 71.5 Å². The molecule has 1 N–H and O–H groups in total. The molecule has 168 valence electrons. The van der Waals surface area contributed by atoms with Crippen LogP contribution in [0.25, 0.3) is 0 Å². The van der Waals surface area contributed by atoms with Crippen LogP contribution in [-0.2, 0) is 4.74 Å². The number of hydrogen-bond acceptors (Lipinski definition) is 4. The largest absolute Gasteiger partial charge is 0.381 e. The van der Waals surface area contributed by atoms with E-state index in [-0.39, 0.29) is 24.0 Å². The summed E-state index contributed by atoms with van der Waals surface area (Å²) in [5, 5.41) is 3.60. The number of nitrogens with zero attached hydrogens (tertiary/aromatic N) is 4. The summed E-state index contributed by atoms with van der Waals surface area (Å²) in [6.07, 6.45) is 2.43. The highest BCUT2D eigenvalue weighted by atomic mass is 127. The Morgan fingerprint density at radius 2 is 1.93 bits per heavy atom. The van der Waals surface area contributed by atoms with Crippen molar-refractivity contribution < 1.29 is 4.74 Å². The first-order valence-electron chi connectivity index (χ1n) is 11.2. The van der Waals surface area contributed by atoms with Crippen LogP contribution < -0.4 is 10.2 Å². The number of halogens is 1. The predicted octanol–water partition coefficient (Wildman–Crippen LogP) is 2.73. The topological polar surface area (TPSA) is 43.3 Å². The van der Waals surface area contributed by atoms with Gasteiger partial charge in [0.25, 0.3) is 0 Å². The molecule has 3 aliphatic rings. The predicted molar refractivity (Wildman–Crippen MR) is 135 cm³/mol. The number of hydrogen-bond donors (Lipinski definition) is 1. The maximum Gasteiger partial charge on any atom is 0.193 e. The molecule has 0 aromatic heterocycles. The highest BCUT2D eigenvalue weighted by molar-refractivity contribution is 14.0. The van der Waals surface area contributed by atoms with Gasteiger partial charge in [0.2, 0.25) is 0 Å². The van der Waals surface area contributed by atoms with Crippen LogP contribution >= 0.6 is 24.0 Å². The molecule has 1 unspecified atom stereocenters. The van der Waals surface area contributed by atoms with E-state index in [4.69, 9.17) is 4.74 Å². The number of rotatable bonds is 4. The third kappa shape index (κ3) is 5.22. The van der Waals surface area contributed by atoms with Crippen LogP contribution in [0.5, 0.6) is 0 Å². The Kier molecular flexibility index (Phi) is 8.26. The lowest BCUT2D eigenvalue weighted by molar-refractivity contribution is 0.156. The number of aliphatic imine (C=N–C) groups is 1. The Labute approximate surface area is 199 Å². The van der Waals surface area contributed by atoms with Crippen molar-refractivity contribution >= 4 is 35.6 Å². The molecule has 3 saturated heterocycles. The van der Waals surface area contributed by atoms with Gasteiger partial charge in [0, 0.05) is 77.1 Å². The molecular formula is C23H38IN5O. The van der Waals surface area contributed by atoms with Crippen molar-refractivity contribution in [3.8, 4) is 0 Å². The Morgan fingerprint density at radius 3 is 2.63 bits per heavy atom. The van der Waals surface area contributed by atoms with Gasteiger partial charge in [0.1, 0.15) is 0 Å². The van der Waals surface area contributed by atoms with Gasteiger partial charge in [0.15, 0.2) is 5.96 Å². The summed E-state index contributed by atoms with van der Waals surface area (Å²) in [5.74, 6) is 1.06. The molecule has 1 aromatic carbocycles. The van der Waals surface area contributed by atoms with Gasteiger partial charge in [-0.25, -0.2) is 0 Å². The van der Waals surface area contributed by atoms with E-state index < -0.39 is 0 Å². The molecular weight excluding hydrogens is 489 g/mol. The number of ether oxygens (including phenoxy) is 1. The summed E-state index contributed by atoms with van der Waals surface area (Å²) in [4.78, 5) is 12.1. The number of benzene rings is 1. The maximum atomic E-state index is 5.66. The number of aryl methyl sites for hydroxylation is 1. The highest BCUT2D eigenvalue weighted by Crippen LogP contribution is 2.38. The molecule has 3 heterocycles. The molecule has 3 fully saturated rings. The van der Waals surface area contributed by atoms with E-state index in [1.165, 1.54) is 29.7 Å². The summed E-state index contributed by atoms with van der Waals surface area (Å²) in [7, 11) is 1.90. The molecule has 30 heavy (non-hydrogen) atoms. The lowest BCUT2D eigenvalue weighted by atomic mass is 9.87. The first-order valence-corrected chi connectivity index (χ1v) is 11.2. The smallest absolute Gasteiger partial charge is 0.193 e. The Morgan fingerprint density at radius 1 is 1.13 bits per heavy atom. The van der Waals surface area contributed by atoms with Crippen LogP contribution in [0.4, 0.5) is 5.69 Å². The molecule has 0 saturated carbocycles. The fraction of sp³-hybridized carbons (Fsp3) is 0.696. The second-order valence-electron chi connectivity index (χ2n) is 9.00. The number of piperazine rings is 1. The van der Waals surface area contributed by atoms with Crippen molar-refractivity contribution in [3.63, 3.8) is 0 Å². The summed E-state index contributed by atoms with van der Waals surface area (Å²) >= 11 is 0. The first kappa shape index (κ1) is 23.6. The van der Waals surface area contributed by atoms with Gasteiger partial charge in [-0.1, -0.05) is 12.1 Å². The van der Waals surface area contributed by atoms with Gasteiger partial charge in [-0.15, -0.1) is 24.0 Å². The molecule has 6 nitrogen and oxygen atoms in total. The fourth-order valence-corrected chi connectivity index (χ4v) is 5.04. The van der Waals surface area contributed by atoms with Crippen LogP contribution in [0.15, 0.2) is 23.2 Å². The van der Waals surface area contributed by atoms with Crippen LogP contribution in [0, 0.1) is 19.3 Å². The maximum absolute atomic E-state index is 5.66. The van der Waals surface area contributed by atoms with Crippen LogP contribution in [0.3, 0.4) is 0 Å². The minimum absolute atomic E-state index is 0. The van der Waals surface area contributed by atoms with E-state index >= 15 is 0 Å². The third-order valence-electron chi connectivity index (χ3n) is 7.13. The van der Waals surface area contributed by atoms with Crippen LogP contribution in [0.1, 0.15) is 24.0 Å². The highest BCUT2D eigenvalue weighted by Gasteiger charge is 2.42. The van der Waals surface area contributed by atoms with E-state index in [1.807, 2.05) is 7.05 Å². The molecule has 7 heteroatoms. The molecule has 4 rings (SSSR count). The van der Waals surface area contributed by atoms with E-state index in [1.54, 1.807) is 0 Å². The quantitative estimate of drug-likeness (QED) is 0.371. The zero-order valence-corrected chi connectivity index (χ0v) is 21.2. The van der Waals surface area contributed by atoms with Crippen molar-refractivity contribution in [3.05, 3.63) is 29.3 Å². The van der Waals surface area contributed by atoms with E-state index in [0.29, 0.717) is 5.41 Å². The molecule has 1 aromatic rings. The molecule has 3 aliphatic heterocycles. The summed E-state index contributed by atoms with van der Waals surface area (Å²) in [6.45, 7) is 15.0. The van der Waals surface area contributed by atoms with Gasteiger partial charge in [-0.3, -0.25) is 9.89 Å². The lowest BCUT2D eigenvalue weighted by Crippen LogP contribution is -2.50. The van der Waals surface area contributed by atoms with Crippen molar-refractivity contribution in [1.29, 1.82) is 0 Å². The Hall–Kier alpha value is -1.06. The molecule has 1 spiro atoms. The molecule has 1 atom stereocenters. The number of guanidine groups is 1. The second kappa shape index (κ2) is 10.5. The number of nitrogens with one attached hydrogen (secondary N) is 1. The van der Waals surface area contributed by atoms with Crippen molar-refractivity contribution in [2.75, 3.05) is 77.5 Å². The average molecular weight is 527 g/mol. The monoisotopic (exact) mass is 527 g/mol. The summed E-state index contributed by atoms with van der Waals surface area (Å²) in [6, 6.07) is 6.65. The average Bonchev–Trinajstić information content (AvgIpc) is 3.38. The third-order valence-corrected chi connectivity index (χ3v) is 7.13. The SMILES string of the molecule is CN=C(NCCN1CCN(c2cccc(C)c2C)CC1)N1CCC2(CCOC2)C1.I. The van der Waals surface area contributed by atoms with Gasteiger partial charge < -0.3 is 19.9 Å². The zero-order valence-electron chi connectivity index (χ0n) is 18.8. The van der Waals surface area contributed by atoms with Gasteiger partial charge in [0.05, 0.1) is 6.61 Å².